The molecule has 0 saturated carbocycles. The Morgan fingerprint density at radius 3 is 2.31 bits per heavy atom. The summed E-state index contributed by atoms with van der Waals surface area (Å²) in [5.41, 5.74) is 2.72. The lowest BCUT2D eigenvalue weighted by molar-refractivity contribution is -0.114. The fourth-order valence-corrected chi connectivity index (χ4v) is 3.26. The van der Waals surface area contributed by atoms with Gasteiger partial charge in [0.2, 0.25) is 0 Å². The normalized spacial score (nSPS) is 16.0. The highest BCUT2D eigenvalue weighted by atomic mass is 127. The molecular formula is C22H16INO2. The molecule has 0 saturated heterocycles. The van der Waals surface area contributed by atoms with Crippen molar-refractivity contribution >= 4 is 39.9 Å². The highest BCUT2D eigenvalue weighted by Gasteiger charge is 2.22. The molecule has 0 bridgehead atoms. The highest BCUT2D eigenvalue weighted by Crippen LogP contribution is 2.30. The van der Waals surface area contributed by atoms with Crippen LogP contribution in [0.2, 0.25) is 0 Å². The third-order valence-corrected chi connectivity index (χ3v) is 4.96. The van der Waals surface area contributed by atoms with Crippen molar-refractivity contribution < 1.29 is 9.53 Å². The highest BCUT2D eigenvalue weighted by molar-refractivity contribution is 14.1. The summed E-state index contributed by atoms with van der Waals surface area (Å²) < 4.78 is 7.24. The van der Waals surface area contributed by atoms with E-state index in [1.54, 1.807) is 11.0 Å². The first kappa shape index (κ1) is 16.8. The summed E-state index contributed by atoms with van der Waals surface area (Å²) in [5.74, 6) is 1.23. The minimum Gasteiger partial charge on any atom is -0.456 e. The summed E-state index contributed by atoms with van der Waals surface area (Å²) in [6, 6.07) is 25.5. The van der Waals surface area contributed by atoms with Gasteiger partial charge < -0.3 is 9.64 Å². The minimum absolute atomic E-state index is 0.0976. The quantitative estimate of drug-likeness (QED) is 0.496. The molecule has 0 atom stereocenters. The average molecular weight is 453 g/mol. The first-order valence-corrected chi connectivity index (χ1v) is 9.38. The first-order chi connectivity index (χ1) is 12.7. The Kier molecular flexibility index (Phi) is 4.75. The molecule has 4 heteroatoms. The third kappa shape index (κ3) is 3.51. The van der Waals surface area contributed by atoms with Gasteiger partial charge in [-0.2, -0.15) is 0 Å². The minimum atomic E-state index is -0.0976. The van der Waals surface area contributed by atoms with Crippen molar-refractivity contribution in [3.8, 4) is 5.75 Å². The SMILES string of the molecule is O=C1/C=C(/c2ccccc2)Oc2ccccc2CN1c1ccc(I)cc1. The molecular weight excluding hydrogens is 437 g/mol. The van der Waals surface area contributed by atoms with Crippen LogP contribution >= 0.6 is 22.6 Å². The number of hydrogen-bond acceptors (Lipinski definition) is 2. The molecule has 1 heterocycles. The van der Waals surface area contributed by atoms with Gasteiger partial charge in [0.15, 0.2) is 0 Å². The molecule has 1 amide bonds. The van der Waals surface area contributed by atoms with Crippen molar-refractivity contribution in [3.63, 3.8) is 0 Å². The summed E-state index contributed by atoms with van der Waals surface area (Å²) in [6.45, 7) is 0.466. The number of carbonyl (C=O) groups is 1. The largest absolute Gasteiger partial charge is 0.456 e. The van der Waals surface area contributed by atoms with Crippen molar-refractivity contribution in [1.82, 2.24) is 0 Å². The van der Waals surface area contributed by atoms with Gasteiger partial charge in [0.05, 0.1) is 6.54 Å². The van der Waals surface area contributed by atoms with E-state index in [4.69, 9.17) is 4.74 Å². The molecule has 0 fully saturated rings. The van der Waals surface area contributed by atoms with Gasteiger partial charge in [-0.05, 0) is 52.9 Å². The van der Waals surface area contributed by atoms with E-state index >= 15 is 0 Å². The molecule has 0 N–H and O–H groups in total. The van der Waals surface area contributed by atoms with Crippen LogP contribution in [0.1, 0.15) is 11.1 Å². The molecule has 4 rings (SSSR count). The fourth-order valence-electron chi connectivity index (χ4n) is 2.90. The fraction of sp³-hybridized carbons (Fsp3) is 0.0455. The van der Waals surface area contributed by atoms with E-state index in [1.807, 2.05) is 78.9 Å². The topological polar surface area (TPSA) is 29.5 Å². The second-order valence-electron chi connectivity index (χ2n) is 5.99. The monoisotopic (exact) mass is 453 g/mol. The number of anilines is 1. The summed E-state index contributed by atoms with van der Waals surface area (Å²) >= 11 is 2.26. The van der Waals surface area contributed by atoms with Crippen LogP contribution in [-0.2, 0) is 11.3 Å². The number of ether oxygens (including phenoxy) is 1. The van der Waals surface area contributed by atoms with E-state index in [0.717, 1.165) is 26.1 Å². The van der Waals surface area contributed by atoms with Gasteiger partial charge in [0, 0.05) is 26.5 Å². The van der Waals surface area contributed by atoms with Gasteiger partial charge in [0.1, 0.15) is 11.5 Å². The molecule has 0 unspecified atom stereocenters. The van der Waals surface area contributed by atoms with Crippen LogP contribution < -0.4 is 9.64 Å². The zero-order chi connectivity index (χ0) is 17.9. The van der Waals surface area contributed by atoms with Crippen molar-refractivity contribution in [2.75, 3.05) is 4.90 Å². The van der Waals surface area contributed by atoms with Crippen LogP contribution in [0.3, 0.4) is 0 Å². The summed E-state index contributed by atoms with van der Waals surface area (Å²) in [7, 11) is 0. The lowest BCUT2D eigenvalue weighted by Crippen LogP contribution is -2.30. The van der Waals surface area contributed by atoms with Crippen LogP contribution in [0.15, 0.2) is 84.9 Å². The Bertz CT molecular complexity index is 965. The number of para-hydroxylation sites is 1. The molecule has 26 heavy (non-hydrogen) atoms. The number of fused-ring (bicyclic) bond motifs is 1. The Hall–Kier alpha value is -2.60. The first-order valence-electron chi connectivity index (χ1n) is 8.31. The Labute approximate surface area is 166 Å². The predicted octanol–water partition coefficient (Wildman–Crippen LogP) is 5.26. The molecule has 0 aromatic heterocycles. The molecule has 0 aliphatic carbocycles. The molecule has 1 aliphatic heterocycles. The Morgan fingerprint density at radius 2 is 1.54 bits per heavy atom. The maximum Gasteiger partial charge on any atom is 0.255 e. The van der Waals surface area contributed by atoms with E-state index < -0.39 is 0 Å². The molecule has 0 radical (unpaired) electrons. The lowest BCUT2D eigenvalue weighted by Gasteiger charge is -2.26. The van der Waals surface area contributed by atoms with Crippen LogP contribution in [0, 0.1) is 3.57 Å². The van der Waals surface area contributed by atoms with E-state index in [2.05, 4.69) is 22.6 Å². The van der Waals surface area contributed by atoms with E-state index in [0.29, 0.717) is 12.3 Å². The summed E-state index contributed by atoms with van der Waals surface area (Å²) in [5, 5.41) is 0. The zero-order valence-corrected chi connectivity index (χ0v) is 16.1. The van der Waals surface area contributed by atoms with Crippen LogP contribution in [0.5, 0.6) is 5.75 Å². The van der Waals surface area contributed by atoms with Gasteiger partial charge >= 0.3 is 0 Å². The van der Waals surface area contributed by atoms with Crippen LogP contribution in [-0.4, -0.2) is 5.91 Å². The predicted molar refractivity (Wildman–Crippen MR) is 112 cm³/mol. The second-order valence-corrected chi connectivity index (χ2v) is 7.23. The van der Waals surface area contributed by atoms with Gasteiger partial charge in [-0.15, -0.1) is 0 Å². The number of nitrogens with zero attached hydrogens (tertiary/aromatic N) is 1. The number of halogens is 1. The van der Waals surface area contributed by atoms with Gasteiger partial charge in [-0.1, -0.05) is 48.5 Å². The molecule has 3 aromatic rings. The number of carbonyl (C=O) groups excluding carboxylic acids is 1. The molecule has 128 valence electrons. The van der Waals surface area contributed by atoms with Crippen LogP contribution in [0.4, 0.5) is 5.69 Å². The van der Waals surface area contributed by atoms with Crippen molar-refractivity contribution in [2.45, 2.75) is 6.54 Å². The maximum atomic E-state index is 13.0. The summed E-state index contributed by atoms with van der Waals surface area (Å²) in [6.07, 6.45) is 1.57. The van der Waals surface area contributed by atoms with E-state index in [1.165, 1.54) is 0 Å². The maximum absolute atomic E-state index is 13.0. The third-order valence-electron chi connectivity index (χ3n) is 4.24. The molecule has 1 aliphatic rings. The van der Waals surface area contributed by atoms with Gasteiger partial charge in [-0.3, -0.25) is 4.79 Å². The van der Waals surface area contributed by atoms with E-state index in [9.17, 15) is 4.79 Å². The number of rotatable bonds is 2. The van der Waals surface area contributed by atoms with Crippen LogP contribution in [0.25, 0.3) is 5.76 Å². The average Bonchev–Trinajstić information content (AvgIpc) is 2.67. The number of hydrogen-bond donors (Lipinski definition) is 0. The summed E-state index contributed by atoms with van der Waals surface area (Å²) in [4.78, 5) is 14.8. The second kappa shape index (κ2) is 7.33. The lowest BCUT2D eigenvalue weighted by atomic mass is 10.1. The molecule has 0 spiro atoms. The smallest absolute Gasteiger partial charge is 0.255 e. The standard InChI is InChI=1S/C22H16INO2/c23-18-10-12-19(13-11-18)24-15-17-8-4-5-9-20(17)26-21(14-22(24)25)16-6-2-1-3-7-16/h1-14H,15H2/b21-14-. The van der Waals surface area contributed by atoms with Gasteiger partial charge in [-0.25, -0.2) is 0 Å². The Balaban J connectivity index is 1.82. The molecule has 3 aromatic carbocycles. The van der Waals surface area contributed by atoms with E-state index in [-0.39, 0.29) is 5.91 Å². The zero-order valence-electron chi connectivity index (χ0n) is 13.9. The molecule has 3 nitrogen and oxygen atoms in total. The Morgan fingerprint density at radius 1 is 0.846 bits per heavy atom. The van der Waals surface area contributed by atoms with Gasteiger partial charge in [0.25, 0.3) is 5.91 Å². The van der Waals surface area contributed by atoms with Crippen molar-refractivity contribution in [1.29, 1.82) is 0 Å². The van der Waals surface area contributed by atoms with Crippen molar-refractivity contribution in [3.05, 3.63) is 99.6 Å². The number of benzene rings is 3. The number of amides is 1. The van der Waals surface area contributed by atoms with Crippen molar-refractivity contribution in [2.24, 2.45) is 0 Å².